The minimum Gasteiger partial charge on any atom is -0.228 e. The Hall–Kier alpha value is -5.34. The van der Waals surface area contributed by atoms with Crippen molar-refractivity contribution in [3.8, 4) is 56.0 Å². The first-order chi connectivity index (χ1) is 20.3. The normalized spacial score (nSPS) is 11.8. The molecule has 0 spiro atoms. The summed E-state index contributed by atoms with van der Waals surface area (Å²) in [6.07, 6.45) is 0.908. The summed E-state index contributed by atoms with van der Waals surface area (Å²) in [5, 5.41) is 1.06. The zero-order valence-corrected chi connectivity index (χ0v) is 22.5. The molecule has 0 saturated carbocycles. The van der Waals surface area contributed by atoms with E-state index in [-0.39, 0.29) is 0 Å². The molecular weight excluding hydrogens is 496 g/mol. The molecule has 0 N–H and O–H groups in total. The molecular formula is C39H26N2. The summed E-state index contributed by atoms with van der Waals surface area (Å²) in [5.41, 5.74) is 14.4. The van der Waals surface area contributed by atoms with Gasteiger partial charge < -0.3 is 0 Å². The molecule has 0 fully saturated rings. The Morgan fingerprint density at radius 1 is 0.415 bits per heavy atom. The minimum absolute atomic E-state index is 0.757. The first-order valence-electron chi connectivity index (χ1n) is 14.1. The lowest BCUT2D eigenvalue weighted by Gasteiger charge is -2.11. The van der Waals surface area contributed by atoms with Gasteiger partial charge in [0.2, 0.25) is 0 Å². The summed E-state index contributed by atoms with van der Waals surface area (Å²) >= 11 is 0. The van der Waals surface area contributed by atoms with Gasteiger partial charge in [-0.15, -0.1) is 0 Å². The number of hydrogen-bond donors (Lipinski definition) is 0. The maximum atomic E-state index is 5.17. The van der Waals surface area contributed by atoms with Crippen molar-refractivity contribution in [3.05, 3.63) is 157 Å². The van der Waals surface area contributed by atoms with E-state index in [1.54, 1.807) is 0 Å². The second kappa shape index (κ2) is 9.69. The van der Waals surface area contributed by atoms with Gasteiger partial charge in [0.05, 0.1) is 11.2 Å². The monoisotopic (exact) mass is 522 g/mol. The van der Waals surface area contributed by atoms with Crippen LogP contribution >= 0.6 is 0 Å². The van der Waals surface area contributed by atoms with E-state index in [0.29, 0.717) is 0 Å². The fourth-order valence-electron chi connectivity index (χ4n) is 6.13. The fraction of sp³-hybridized carbons (Fsp3) is 0.0256. The van der Waals surface area contributed by atoms with E-state index >= 15 is 0 Å². The highest BCUT2D eigenvalue weighted by Gasteiger charge is 2.23. The molecule has 0 atom stereocenters. The summed E-state index contributed by atoms with van der Waals surface area (Å²) in [7, 11) is 0. The molecule has 1 aliphatic carbocycles. The minimum atomic E-state index is 0.757. The maximum absolute atomic E-state index is 5.17. The van der Waals surface area contributed by atoms with Gasteiger partial charge in [0.1, 0.15) is 0 Å². The van der Waals surface area contributed by atoms with Crippen LogP contribution in [0.4, 0.5) is 0 Å². The molecule has 0 amide bonds. The summed E-state index contributed by atoms with van der Waals surface area (Å²) in [5.74, 6) is 0.757. The van der Waals surface area contributed by atoms with Crippen LogP contribution in [0, 0.1) is 0 Å². The van der Waals surface area contributed by atoms with Gasteiger partial charge >= 0.3 is 0 Å². The number of hydrogen-bond acceptors (Lipinski definition) is 2. The van der Waals surface area contributed by atoms with Crippen molar-refractivity contribution in [2.24, 2.45) is 0 Å². The number of aromatic nitrogens is 2. The lowest BCUT2D eigenvalue weighted by Crippen LogP contribution is -1.96. The molecule has 7 aromatic rings. The average molecular weight is 523 g/mol. The van der Waals surface area contributed by atoms with Crippen molar-refractivity contribution in [1.29, 1.82) is 0 Å². The highest BCUT2D eigenvalue weighted by atomic mass is 14.9. The zero-order valence-electron chi connectivity index (χ0n) is 22.5. The molecule has 6 aromatic carbocycles. The van der Waals surface area contributed by atoms with Gasteiger partial charge in [-0.2, -0.15) is 0 Å². The molecule has 192 valence electrons. The number of para-hydroxylation sites is 1. The summed E-state index contributed by atoms with van der Waals surface area (Å²) in [4.78, 5) is 10.2. The highest BCUT2D eigenvalue weighted by molar-refractivity contribution is 5.94. The molecule has 0 radical (unpaired) electrons. The Morgan fingerprint density at radius 2 is 1.05 bits per heavy atom. The van der Waals surface area contributed by atoms with Gasteiger partial charge in [0.25, 0.3) is 0 Å². The predicted octanol–water partition coefficient (Wildman–Crippen LogP) is 9.87. The Balaban J connectivity index is 1.20. The van der Waals surface area contributed by atoms with Gasteiger partial charge in [-0.3, -0.25) is 0 Å². The largest absolute Gasteiger partial charge is 0.228 e. The van der Waals surface area contributed by atoms with Crippen LogP contribution in [0.25, 0.3) is 66.9 Å². The van der Waals surface area contributed by atoms with Crippen LogP contribution < -0.4 is 0 Å². The standard InChI is InChI=1S/C39H26N2/c1-3-10-26(11-4-1)27-18-20-29(21-19-27)38-35-14-7-8-17-37(35)40-39(41-38)30-22-23-33-31(24-30)25-36-32(15-9-16-34(33)36)28-12-5-2-6-13-28/h1-24H,25H2. The second-order valence-electron chi connectivity index (χ2n) is 10.6. The van der Waals surface area contributed by atoms with Crippen molar-refractivity contribution in [3.63, 3.8) is 0 Å². The van der Waals surface area contributed by atoms with Crippen LogP contribution in [0.1, 0.15) is 11.1 Å². The second-order valence-corrected chi connectivity index (χ2v) is 10.6. The highest BCUT2D eigenvalue weighted by Crippen LogP contribution is 2.43. The third kappa shape index (κ3) is 4.13. The lowest BCUT2D eigenvalue weighted by atomic mass is 9.96. The Kier molecular flexibility index (Phi) is 5.56. The maximum Gasteiger partial charge on any atom is 0.160 e. The van der Waals surface area contributed by atoms with Crippen molar-refractivity contribution < 1.29 is 0 Å². The van der Waals surface area contributed by atoms with Gasteiger partial charge in [-0.25, -0.2) is 9.97 Å². The average Bonchev–Trinajstić information content (AvgIpc) is 3.43. The van der Waals surface area contributed by atoms with Crippen molar-refractivity contribution in [2.75, 3.05) is 0 Å². The van der Waals surface area contributed by atoms with Crippen molar-refractivity contribution >= 4 is 10.9 Å². The quantitative estimate of drug-likeness (QED) is 0.230. The first kappa shape index (κ1) is 23.5. The van der Waals surface area contributed by atoms with E-state index in [2.05, 4.69) is 133 Å². The molecule has 8 rings (SSSR count). The van der Waals surface area contributed by atoms with E-state index < -0.39 is 0 Å². The van der Waals surface area contributed by atoms with E-state index in [1.807, 2.05) is 12.1 Å². The fourth-order valence-corrected chi connectivity index (χ4v) is 6.13. The molecule has 2 heteroatoms. The number of fused-ring (bicyclic) bond motifs is 4. The zero-order chi connectivity index (χ0) is 27.2. The van der Waals surface area contributed by atoms with Crippen LogP contribution in [-0.4, -0.2) is 9.97 Å². The summed E-state index contributed by atoms with van der Waals surface area (Å²) in [6, 6.07) is 51.5. The lowest BCUT2D eigenvalue weighted by molar-refractivity contribution is 1.21. The molecule has 0 aliphatic heterocycles. The smallest absolute Gasteiger partial charge is 0.160 e. The van der Waals surface area contributed by atoms with Gasteiger partial charge in [0.15, 0.2) is 5.82 Å². The van der Waals surface area contributed by atoms with Crippen molar-refractivity contribution in [2.45, 2.75) is 6.42 Å². The summed E-state index contributed by atoms with van der Waals surface area (Å²) in [6.45, 7) is 0. The van der Waals surface area contributed by atoms with E-state index in [9.17, 15) is 0 Å². The first-order valence-corrected chi connectivity index (χ1v) is 14.1. The van der Waals surface area contributed by atoms with Crippen LogP contribution in [0.5, 0.6) is 0 Å². The van der Waals surface area contributed by atoms with Gasteiger partial charge in [0, 0.05) is 16.5 Å². The molecule has 1 heterocycles. The van der Waals surface area contributed by atoms with Gasteiger partial charge in [-0.05, 0) is 63.1 Å². The Bertz CT molecular complexity index is 2040. The third-order valence-electron chi connectivity index (χ3n) is 8.15. The van der Waals surface area contributed by atoms with Crippen molar-refractivity contribution in [1.82, 2.24) is 9.97 Å². The van der Waals surface area contributed by atoms with E-state index in [0.717, 1.165) is 40.0 Å². The number of rotatable bonds is 4. The number of nitrogens with zero attached hydrogens (tertiary/aromatic N) is 2. The van der Waals surface area contributed by atoms with E-state index in [4.69, 9.17) is 9.97 Å². The van der Waals surface area contributed by atoms with Crippen LogP contribution in [0.15, 0.2) is 146 Å². The third-order valence-corrected chi connectivity index (χ3v) is 8.15. The molecule has 2 nitrogen and oxygen atoms in total. The SMILES string of the molecule is c1ccc(-c2ccc(-c3nc(-c4ccc5c(c4)Cc4c(-c6ccccc6)cccc4-5)nc4ccccc34)cc2)cc1. The molecule has 41 heavy (non-hydrogen) atoms. The number of benzene rings is 6. The molecule has 0 unspecified atom stereocenters. The van der Waals surface area contributed by atoms with E-state index in [1.165, 1.54) is 44.5 Å². The van der Waals surface area contributed by atoms with Crippen LogP contribution in [0.2, 0.25) is 0 Å². The molecule has 1 aromatic heterocycles. The molecule has 1 aliphatic rings. The molecule has 0 saturated heterocycles. The predicted molar refractivity (Wildman–Crippen MR) is 170 cm³/mol. The van der Waals surface area contributed by atoms with Crippen LogP contribution in [0.3, 0.4) is 0 Å². The summed E-state index contributed by atoms with van der Waals surface area (Å²) < 4.78 is 0. The Morgan fingerprint density at radius 3 is 1.85 bits per heavy atom. The Labute approximate surface area is 239 Å². The van der Waals surface area contributed by atoms with Crippen LogP contribution in [-0.2, 0) is 6.42 Å². The van der Waals surface area contributed by atoms with Gasteiger partial charge in [-0.1, -0.05) is 133 Å². The topological polar surface area (TPSA) is 25.8 Å². The molecule has 0 bridgehead atoms.